The van der Waals surface area contributed by atoms with Crippen LogP contribution in [0, 0.1) is 21.4 Å². The molecule has 20 heavy (non-hydrogen) atoms. The van der Waals surface area contributed by atoms with E-state index >= 15 is 0 Å². The molecule has 7 heteroatoms. The van der Waals surface area contributed by atoms with Gasteiger partial charge in [-0.1, -0.05) is 0 Å². The molecule has 1 N–H and O–H groups in total. The predicted octanol–water partition coefficient (Wildman–Crippen LogP) is 1.51. The van der Waals surface area contributed by atoms with Gasteiger partial charge in [-0.3, -0.25) is 14.9 Å². The largest absolute Gasteiger partial charge is 0.486 e. The highest BCUT2D eigenvalue weighted by Gasteiger charge is 2.23. The molecule has 1 aliphatic carbocycles. The van der Waals surface area contributed by atoms with E-state index in [0.717, 1.165) is 18.9 Å². The number of nitriles is 1. The fourth-order valence-corrected chi connectivity index (χ4v) is 1.63. The summed E-state index contributed by atoms with van der Waals surface area (Å²) in [6.45, 7) is 0.0608. The number of amides is 1. The Labute approximate surface area is 115 Å². The molecule has 1 fully saturated rings. The number of rotatable bonds is 6. The van der Waals surface area contributed by atoms with E-state index in [4.69, 9.17) is 10.00 Å². The molecular weight excluding hydrogens is 262 g/mol. The molecule has 7 nitrogen and oxygen atoms in total. The van der Waals surface area contributed by atoms with E-state index in [1.54, 1.807) is 0 Å². The van der Waals surface area contributed by atoms with Crippen LogP contribution in [0.1, 0.15) is 24.8 Å². The van der Waals surface area contributed by atoms with E-state index in [1.807, 2.05) is 6.07 Å². The first-order valence-electron chi connectivity index (χ1n) is 6.21. The highest BCUT2D eigenvalue weighted by Crippen LogP contribution is 2.27. The normalized spacial score (nSPS) is 13.3. The molecule has 0 heterocycles. The summed E-state index contributed by atoms with van der Waals surface area (Å²) in [5.41, 5.74) is -0.0813. The van der Waals surface area contributed by atoms with Gasteiger partial charge in [-0.15, -0.1) is 0 Å². The van der Waals surface area contributed by atoms with Crippen molar-refractivity contribution in [2.75, 3.05) is 6.61 Å². The first-order valence-corrected chi connectivity index (χ1v) is 6.21. The van der Waals surface area contributed by atoms with Gasteiger partial charge in [0.2, 0.25) is 5.91 Å². The zero-order valence-corrected chi connectivity index (χ0v) is 10.7. The number of nitrogens with zero attached hydrogens (tertiary/aromatic N) is 2. The lowest BCUT2D eigenvalue weighted by Gasteiger charge is -2.07. The average molecular weight is 275 g/mol. The molecule has 0 atom stereocenters. The maximum absolute atomic E-state index is 11.4. The molecule has 0 saturated heterocycles. The van der Waals surface area contributed by atoms with Gasteiger partial charge in [0.05, 0.1) is 29.6 Å². The summed E-state index contributed by atoms with van der Waals surface area (Å²) in [6, 6.07) is 6.07. The summed E-state index contributed by atoms with van der Waals surface area (Å²) in [6.07, 6.45) is 2.16. The molecule has 0 radical (unpaired) electrons. The van der Waals surface area contributed by atoms with Crippen LogP contribution in [-0.4, -0.2) is 23.5 Å². The molecule has 0 spiro atoms. The van der Waals surface area contributed by atoms with E-state index < -0.39 is 4.92 Å². The SMILES string of the molecule is N#Cc1ccc(OCCC(=O)NC2CC2)c([N+](=O)[O-])c1. The summed E-state index contributed by atoms with van der Waals surface area (Å²) in [7, 11) is 0. The highest BCUT2D eigenvalue weighted by molar-refractivity contribution is 5.76. The Morgan fingerprint density at radius 2 is 2.30 bits per heavy atom. The molecule has 1 aliphatic rings. The van der Waals surface area contributed by atoms with Gasteiger partial charge in [0.25, 0.3) is 0 Å². The minimum absolute atomic E-state index is 0.0608. The Hall–Kier alpha value is -2.62. The summed E-state index contributed by atoms with van der Waals surface area (Å²) in [5.74, 6) is -0.0583. The molecule has 2 rings (SSSR count). The smallest absolute Gasteiger partial charge is 0.312 e. The van der Waals surface area contributed by atoms with Gasteiger partial charge in [-0.05, 0) is 25.0 Å². The summed E-state index contributed by atoms with van der Waals surface area (Å²) in [4.78, 5) is 21.7. The molecule has 0 aromatic heterocycles. The number of carbonyl (C=O) groups excluding carboxylic acids is 1. The Balaban J connectivity index is 1.92. The number of carbonyl (C=O) groups is 1. The summed E-state index contributed by atoms with van der Waals surface area (Å²) < 4.78 is 5.26. The fourth-order valence-electron chi connectivity index (χ4n) is 1.63. The number of ether oxygens (including phenoxy) is 1. The molecule has 0 aliphatic heterocycles. The van der Waals surface area contributed by atoms with Crippen LogP contribution in [0.3, 0.4) is 0 Å². The first kappa shape index (κ1) is 13.8. The molecule has 104 valence electrons. The number of nitrogens with one attached hydrogen (secondary N) is 1. The topological polar surface area (TPSA) is 105 Å². The van der Waals surface area contributed by atoms with Crippen LogP contribution >= 0.6 is 0 Å². The van der Waals surface area contributed by atoms with Crippen LogP contribution in [0.25, 0.3) is 0 Å². The molecule has 0 bridgehead atoms. The predicted molar refractivity (Wildman–Crippen MR) is 69.1 cm³/mol. The Bertz CT molecular complexity index is 575. The minimum Gasteiger partial charge on any atom is -0.486 e. The van der Waals surface area contributed by atoms with Gasteiger partial charge in [0, 0.05) is 12.1 Å². The van der Waals surface area contributed by atoms with Crippen LogP contribution in [0.2, 0.25) is 0 Å². The van der Waals surface area contributed by atoms with Crippen LogP contribution < -0.4 is 10.1 Å². The van der Waals surface area contributed by atoms with E-state index in [-0.39, 0.29) is 42.0 Å². The maximum atomic E-state index is 11.4. The van der Waals surface area contributed by atoms with Crippen molar-refractivity contribution >= 4 is 11.6 Å². The van der Waals surface area contributed by atoms with Crippen molar-refractivity contribution in [3.05, 3.63) is 33.9 Å². The lowest BCUT2D eigenvalue weighted by atomic mass is 10.2. The van der Waals surface area contributed by atoms with Gasteiger partial charge in [0.15, 0.2) is 5.75 Å². The maximum Gasteiger partial charge on any atom is 0.312 e. The van der Waals surface area contributed by atoms with Crippen LogP contribution in [0.5, 0.6) is 5.75 Å². The Kier molecular flexibility index (Phi) is 4.15. The number of benzene rings is 1. The monoisotopic (exact) mass is 275 g/mol. The summed E-state index contributed by atoms with van der Waals surface area (Å²) >= 11 is 0. The number of hydrogen-bond donors (Lipinski definition) is 1. The molecular formula is C13H13N3O4. The van der Waals surface area contributed by atoms with Gasteiger partial charge >= 0.3 is 5.69 Å². The van der Waals surface area contributed by atoms with E-state index in [0.29, 0.717) is 0 Å². The second-order valence-electron chi connectivity index (χ2n) is 4.49. The second-order valence-corrected chi connectivity index (χ2v) is 4.49. The van der Waals surface area contributed by atoms with Gasteiger partial charge in [-0.25, -0.2) is 0 Å². The lowest BCUT2D eigenvalue weighted by molar-refractivity contribution is -0.385. The van der Waals surface area contributed by atoms with E-state index in [2.05, 4.69) is 5.32 Å². The van der Waals surface area contributed by atoms with Crippen molar-refractivity contribution in [3.63, 3.8) is 0 Å². The minimum atomic E-state index is -0.611. The van der Waals surface area contributed by atoms with Crippen molar-refractivity contribution in [1.29, 1.82) is 5.26 Å². The van der Waals surface area contributed by atoms with Crippen LogP contribution in [0.4, 0.5) is 5.69 Å². The average Bonchev–Trinajstić information content (AvgIpc) is 3.22. The van der Waals surface area contributed by atoms with Crippen molar-refractivity contribution in [3.8, 4) is 11.8 Å². The van der Waals surface area contributed by atoms with Gasteiger partial charge in [-0.2, -0.15) is 5.26 Å². The number of nitro groups is 1. The van der Waals surface area contributed by atoms with Gasteiger partial charge in [0.1, 0.15) is 0 Å². The van der Waals surface area contributed by atoms with Gasteiger partial charge < -0.3 is 10.1 Å². The van der Waals surface area contributed by atoms with Crippen molar-refractivity contribution in [1.82, 2.24) is 5.32 Å². The van der Waals surface area contributed by atoms with E-state index in [1.165, 1.54) is 12.1 Å². The third kappa shape index (κ3) is 3.68. The fraction of sp³-hybridized carbons (Fsp3) is 0.385. The molecule has 0 unspecified atom stereocenters. The van der Waals surface area contributed by atoms with Crippen molar-refractivity contribution in [2.45, 2.75) is 25.3 Å². The van der Waals surface area contributed by atoms with Crippen molar-refractivity contribution in [2.24, 2.45) is 0 Å². The number of hydrogen-bond acceptors (Lipinski definition) is 5. The summed E-state index contributed by atoms with van der Waals surface area (Å²) in [5, 5.41) is 22.4. The third-order valence-electron chi connectivity index (χ3n) is 2.81. The van der Waals surface area contributed by atoms with Crippen LogP contribution in [0.15, 0.2) is 18.2 Å². The number of nitro benzene ring substituents is 1. The van der Waals surface area contributed by atoms with Crippen LogP contribution in [-0.2, 0) is 4.79 Å². The third-order valence-corrected chi connectivity index (χ3v) is 2.81. The Morgan fingerprint density at radius 3 is 2.90 bits per heavy atom. The second kappa shape index (κ2) is 6.02. The van der Waals surface area contributed by atoms with E-state index in [9.17, 15) is 14.9 Å². The standard InChI is InChI=1S/C13H13N3O4/c14-8-9-1-4-12(11(7-9)16(18)19)20-6-5-13(17)15-10-2-3-10/h1,4,7,10H,2-3,5-6H2,(H,15,17). The molecule has 1 amide bonds. The zero-order valence-electron chi connectivity index (χ0n) is 10.7. The molecule has 1 aromatic rings. The Morgan fingerprint density at radius 1 is 1.55 bits per heavy atom. The quantitative estimate of drug-likeness (QED) is 0.625. The lowest BCUT2D eigenvalue weighted by Crippen LogP contribution is -2.26. The zero-order chi connectivity index (χ0) is 14.5. The molecule has 1 saturated carbocycles. The van der Waals surface area contributed by atoms with Crippen molar-refractivity contribution < 1.29 is 14.5 Å². The highest BCUT2D eigenvalue weighted by atomic mass is 16.6. The molecule has 1 aromatic carbocycles. The first-order chi connectivity index (χ1) is 9.60.